The van der Waals surface area contributed by atoms with Crippen LogP contribution in [-0.2, 0) is 19.6 Å². The highest BCUT2D eigenvalue weighted by Crippen LogP contribution is 2.13. The molecule has 0 bridgehead atoms. The molecule has 0 aliphatic carbocycles. The van der Waals surface area contributed by atoms with E-state index in [0.717, 1.165) is 17.2 Å². The van der Waals surface area contributed by atoms with Gasteiger partial charge in [-0.05, 0) is 43.2 Å². The first-order valence-electron chi connectivity index (χ1n) is 6.33. The standard InChI is InChI=1S/C15H18ClNO2/c1-11(7-12-3-2-4-13(16)8-12)17-9-14-5-6-15(10-18)19-14/h2-6,8,11,17-18H,7,9-10H2,1H3. The number of aliphatic hydroxyl groups is 1. The lowest BCUT2D eigenvalue weighted by atomic mass is 10.1. The van der Waals surface area contributed by atoms with Crippen LogP contribution in [0.15, 0.2) is 40.8 Å². The number of benzene rings is 1. The minimum absolute atomic E-state index is 0.0575. The summed E-state index contributed by atoms with van der Waals surface area (Å²) in [5.74, 6) is 1.43. The van der Waals surface area contributed by atoms with Crippen LogP contribution in [0.4, 0.5) is 0 Å². The van der Waals surface area contributed by atoms with E-state index in [2.05, 4.69) is 18.3 Å². The van der Waals surface area contributed by atoms with Gasteiger partial charge in [-0.2, -0.15) is 0 Å². The zero-order chi connectivity index (χ0) is 13.7. The second-order valence-electron chi connectivity index (χ2n) is 4.64. The lowest BCUT2D eigenvalue weighted by Gasteiger charge is -2.13. The Bertz CT molecular complexity index is 524. The largest absolute Gasteiger partial charge is 0.462 e. The van der Waals surface area contributed by atoms with E-state index < -0.39 is 0 Å². The summed E-state index contributed by atoms with van der Waals surface area (Å²) in [6, 6.07) is 11.9. The lowest BCUT2D eigenvalue weighted by Crippen LogP contribution is -2.27. The zero-order valence-corrected chi connectivity index (χ0v) is 11.7. The van der Waals surface area contributed by atoms with Crippen molar-refractivity contribution in [3.05, 3.63) is 58.5 Å². The average Bonchev–Trinajstić information content (AvgIpc) is 2.84. The first-order chi connectivity index (χ1) is 9.17. The van der Waals surface area contributed by atoms with Gasteiger partial charge in [0, 0.05) is 11.1 Å². The number of furan rings is 1. The van der Waals surface area contributed by atoms with Gasteiger partial charge in [0.1, 0.15) is 18.1 Å². The highest BCUT2D eigenvalue weighted by molar-refractivity contribution is 6.30. The molecule has 4 heteroatoms. The van der Waals surface area contributed by atoms with Gasteiger partial charge in [0.15, 0.2) is 0 Å². The van der Waals surface area contributed by atoms with Crippen molar-refractivity contribution in [3.8, 4) is 0 Å². The van der Waals surface area contributed by atoms with Crippen LogP contribution in [0.5, 0.6) is 0 Å². The van der Waals surface area contributed by atoms with Crippen LogP contribution in [0, 0.1) is 0 Å². The molecular formula is C15H18ClNO2. The molecule has 2 rings (SSSR count). The topological polar surface area (TPSA) is 45.4 Å². The average molecular weight is 280 g/mol. The number of aliphatic hydroxyl groups excluding tert-OH is 1. The number of halogens is 1. The third-order valence-electron chi connectivity index (χ3n) is 2.93. The Balaban J connectivity index is 1.82. The minimum Gasteiger partial charge on any atom is -0.462 e. The van der Waals surface area contributed by atoms with Crippen LogP contribution in [0.25, 0.3) is 0 Å². The molecular weight excluding hydrogens is 262 g/mol. The highest BCUT2D eigenvalue weighted by Gasteiger charge is 2.06. The van der Waals surface area contributed by atoms with Crippen molar-refractivity contribution < 1.29 is 9.52 Å². The van der Waals surface area contributed by atoms with Gasteiger partial charge in [-0.3, -0.25) is 0 Å². The second-order valence-corrected chi connectivity index (χ2v) is 5.08. The van der Waals surface area contributed by atoms with Crippen LogP contribution >= 0.6 is 11.6 Å². The smallest absolute Gasteiger partial charge is 0.129 e. The van der Waals surface area contributed by atoms with Crippen molar-refractivity contribution in [1.29, 1.82) is 0 Å². The summed E-state index contributed by atoms with van der Waals surface area (Å²) in [4.78, 5) is 0. The van der Waals surface area contributed by atoms with E-state index >= 15 is 0 Å². The number of rotatable bonds is 6. The normalized spacial score (nSPS) is 12.6. The lowest BCUT2D eigenvalue weighted by molar-refractivity contribution is 0.242. The Hall–Kier alpha value is -1.29. The fraction of sp³-hybridized carbons (Fsp3) is 0.333. The summed E-state index contributed by atoms with van der Waals surface area (Å²) in [6.07, 6.45) is 0.911. The molecule has 1 atom stereocenters. The van der Waals surface area contributed by atoms with Gasteiger partial charge < -0.3 is 14.8 Å². The van der Waals surface area contributed by atoms with Gasteiger partial charge >= 0.3 is 0 Å². The summed E-state index contributed by atoms with van der Waals surface area (Å²) in [5.41, 5.74) is 1.21. The molecule has 0 fully saturated rings. The highest BCUT2D eigenvalue weighted by atomic mass is 35.5. The second kappa shape index (κ2) is 6.75. The molecule has 0 spiro atoms. The van der Waals surface area contributed by atoms with Crippen molar-refractivity contribution in [2.24, 2.45) is 0 Å². The van der Waals surface area contributed by atoms with E-state index in [0.29, 0.717) is 18.3 Å². The van der Waals surface area contributed by atoms with Crippen LogP contribution in [0.3, 0.4) is 0 Å². The number of nitrogens with one attached hydrogen (secondary N) is 1. The van der Waals surface area contributed by atoms with Crippen LogP contribution < -0.4 is 5.32 Å². The first-order valence-corrected chi connectivity index (χ1v) is 6.71. The van der Waals surface area contributed by atoms with Crippen molar-refractivity contribution in [2.75, 3.05) is 0 Å². The fourth-order valence-electron chi connectivity index (χ4n) is 1.97. The summed E-state index contributed by atoms with van der Waals surface area (Å²) in [6.45, 7) is 2.72. The summed E-state index contributed by atoms with van der Waals surface area (Å²) < 4.78 is 5.42. The van der Waals surface area contributed by atoms with Gasteiger partial charge in [0.05, 0.1) is 6.54 Å². The van der Waals surface area contributed by atoms with Crippen molar-refractivity contribution >= 4 is 11.6 Å². The van der Waals surface area contributed by atoms with E-state index in [1.165, 1.54) is 5.56 Å². The molecule has 0 radical (unpaired) electrons. The molecule has 102 valence electrons. The monoisotopic (exact) mass is 279 g/mol. The Morgan fingerprint density at radius 2 is 2.05 bits per heavy atom. The molecule has 3 nitrogen and oxygen atoms in total. The molecule has 1 unspecified atom stereocenters. The molecule has 0 aliphatic rings. The first kappa shape index (κ1) is 14.1. The maximum absolute atomic E-state index is 8.92. The Labute approximate surface area is 118 Å². The molecule has 0 aliphatic heterocycles. The minimum atomic E-state index is -0.0575. The third kappa shape index (κ3) is 4.39. The van der Waals surface area contributed by atoms with Gasteiger partial charge in [0.25, 0.3) is 0 Å². The summed E-state index contributed by atoms with van der Waals surface area (Å²) >= 11 is 5.96. The van der Waals surface area contributed by atoms with Crippen molar-refractivity contribution in [1.82, 2.24) is 5.32 Å². The molecule has 0 saturated carbocycles. The van der Waals surface area contributed by atoms with Crippen molar-refractivity contribution in [2.45, 2.75) is 32.5 Å². The quantitative estimate of drug-likeness (QED) is 0.854. The fourth-order valence-corrected chi connectivity index (χ4v) is 2.18. The molecule has 2 aromatic rings. The Morgan fingerprint density at radius 1 is 1.26 bits per heavy atom. The molecule has 1 aromatic carbocycles. The van der Waals surface area contributed by atoms with E-state index in [9.17, 15) is 0 Å². The van der Waals surface area contributed by atoms with Gasteiger partial charge in [-0.15, -0.1) is 0 Å². The maximum atomic E-state index is 8.92. The molecule has 0 saturated heterocycles. The summed E-state index contributed by atoms with van der Waals surface area (Å²) in [5, 5.41) is 13.1. The molecule has 2 N–H and O–H groups in total. The van der Waals surface area contributed by atoms with Crippen LogP contribution in [0.2, 0.25) is 5.02 Å². The van der Waals surface area contributed by atoms with Crippen molar-refractivity contribution in [3.63, 3.8) is 0 Å². The van der Waals surface area contributed by atoms with Crippen LogP contribution in [0.1, 0.15) is 24.0 Å². The van der Waals surface area contributed by atoms with Gasteiger partial charge in [-0.25, -0.2) is 0 Å². The van der Waals surface area contributed by atoms with E-state index in [4.69, 9.17) is 21.1 Å². The van der Waals surface area contributed by atoms with E-state index in [-0.39, 0.29) is 6.61 Å². The molecule has 1 aromatic heterocycles. The Morgan fingerprint density at radius 3 is 2.74 bits per heavy atom. The number of hydrogen-bond acceptors (Lipinski definition) is 3. The SMILES string of the molecule is CC(Cc1cccc(Cl)c1)NCc1ccc(CO)o1. The van der Waals surface area contributed by atoms with Crippen LogP contribution in [-0.4, -0.2) is 11.1 Å². The van der Waals surface area contributed by atoms with Gasteiger partial charge in [-0.1, -0.05) is 23.7 Å². The van der Waals surface area contributed by atoms with E-state index in [1.54, 1.807) is 6.07 Å². The number of hydrogen-bond donors (Lipinski definition) is 2. The predicted octanol–water partition coefficient (Wildman–Crippen LogP) is 3.15. The van der Waals surface area contributed by atoms with Gasteiger partial charge in [0.2, 0.25) is 0 Å². The zero-order valence-electron chi connectivity index (χ0n) is 10.9. The molecule has 0 amide bonds. The maximum Gasteiger partial charge on any atom is 0.129 e. The molecule has 1 heterocycles. The molecule has 19 heavy (non-hydrogen) atoms. The summed E-state index contributed by atoms with van der Waals surface area (Å²) in [7, 11) is 0. The van der Waals surface area contributed by atoms with E-state index in [1.807, 2.05) is 24.3 Å². The third-order valence-corrected chi connectivity index (χ3v) is 3.16. The predicted molar refractivity (Wildman–Crippen MR) is 76.1 cm³/mol. The Kier molecular flexibility index (Phi) is 5.02.